The zero-order valence-electron chi connectivity index (χ0n) is 26.3. The van der Waals surface area contributed by atoms with Crippen LogP contribution in [-0.4, -0.2) is 70.6 Å². The Balaban J connectivity index is 1.44. The zero-order valence-corrected chi connectivity index (χ0v) is 28.6. The van der Waals surface area contributed by atoms with Crippen molar-refractivity contribution in [2.45, 2.75) is 31.2 Å². The topological polar surface area (TPSA) is 122 Å². The molecule has 4 aromatic rings. The Bertz CT molecular complexity index is 1910. The van der Waals surface area contributed by atoms with Gasteiger partial charge >= 0.3 is 5.97 Å². The minimum atomic E-state index is -4.39. The lowest BCUT2D eigenvalue weighted by molar-refractivity contribution is -0.141. The molecule has 0 unspecified atom stereocenters. The van der Waals surface area contributed by atoms with E-state index in [-0.39, 0.29) is 39.7 Å². The predicted molar refractivity (Wildman–Crippen MR) is 185 cm³/mol. The Morgan fingerprint density at radius 3 is 2.33 bits per heavy atom. The van der Waals surface area contributed by atoms with E-state index in [0.29, 0.717) is 54.6 Å². The minimum absolute atomic E-state index is 0.0955. The molecule has 1 N–H and O–H groups in total. The molecular weight excluding hydrogens is 677 g/mol. The van der Waals surface area contributed by atoms with Crippen molar-refractivity contribution in [3.63, 3.8) is 0 Å². The first kappa shape index (κ1) is 35.2. The van der Waals surface area contributed by atoms with Crippen molar-refractivity contribution < 1.29 is 32.3 Å². The summed E-state index contributed by atoms with van der Waals surface area (Å²) in [5.74, 6) is -1.24. The number of rotatable bonds is 12. The summed E-state index contributed by atoms with van der Waals surface area (Å²) in [6.07, 6.45) is 1.42. The Kier molecular flexibility index (Phi) is 11.6. The van der Waals surface area contributed by atoms with Crippen molar-refractivity contribution in [1.82, 2.24) is 10.2 Å². The number of esters is 1. The van der Waals surface area contributed by atoms with E-state index in [2.05, 4.69) is 5.32 Å². The second-order valence-corrected chi connectivity index (χ2v) is 13.9. The smallest absolute Gasteiger partial charge is 0.326 e. The Labute approximate surface area is 289 Å². The number of morpholine rings is 1. The Morgan fingerprint density at radius 2 is 1.60 bits per heavy atom. The van der Waals surface area contributed by atoms with Gasteiger partial charge in [-0.2, -0.15) is 0 Å². The van der Waals surface area contributed by atoms with E-state index in [1.165, 1.54) is 18.2 Å². The molecule has 252 valence electrons. The maximum Gasteiger partial charge on any atom is 0.326 e. The molecular formula is C35H35Cl2N3O7S. The number of hydrogen-bond acceptors (Lipinski definition) is 7. The molecule has 13 heteroatoms. The highest BCUT2D eigenvalue weighted by Gasteiger charge is 2.30. The molecule has 5 rings (SSSR count). The first-order valence-corrected chi connectivity index (χ1v) is 17.7. The Morgan fingerprint density at radius 1 is 0.917 bits per heavy atom. The number of unbranched alkanes of at least 4 members (excludes halogenated alkanes) is 1. The number of carbonyl (C=O) groups excluding carboxylic acids is 3. The van der Waals surface area contributed by atoms with Gasteiger partial charge in [0.05, 0.1) is 30.4 Å². The molecule has 0 aromatic heterocycles. The van der Waals surface area contributed by atoms with Gasteiger partial charge in [0.25, 0.3) is 21.8 Å². The van der Waals surface area contributed by atoms with Crippen molar-refractivity contribution in [3.05, 3.63) is 106 Å². The standard InChI is InChI=1S/C35H35Cl2N3O7S/c1-2-3-15-47-33(41)23-40(48(44,45)28-20-26(36)19-27(37)21-28)32-12-6-9-29-30(32)10-5-11-31(29)34(42)38-22-24-7-4-8-25(18-24)35(43)39-13-16-46-17-14-39/h4-12,18-21H,2-3,13-17,22-23H2,1H3,(H,38,42). The van der Waals surface area contributed by atoms with Gasteiger partial charge in [-0.05, 0) is 59.8 Å². The van der Waals surface area contributed by atoms with Gasteiger partial charge in [0.1, 0.15) is 6.54 Å². The average Bonchev–Trinajstić information content (AvgIpc) is 3.09. The second kappa shape index (κ2) is 15.8. The summed E-state index contributed by atoms with van der Waals surface area (Å²) in [6, 6.07) is 20.8. The van der Waals surface area contributed by atoms with Crippen LogP contribution in [0, 0.1) is 0 Å². The van der Waals surface area contributed by atoms with Gasteiger partial charge < -0.3 is 19.7 Å². The molecule has 0 radical (unpaired) electrons. The van der Waals surface area contributed by atoms with E-state index in [0.717, 1.165) is 16.3 Å². The van der Waals surface area contributed by atoms with Gasteiger partial charge in [-0.25, -0.2) is 8.42 Å². The van der Waals surface area contributed by atoms with Gasteiger partial charge in [-0.1, -0.05) is 72.9 Å². The average molecular weight is 713 g/mol. The molecule has 1 aliphatic heterocycles. The highest BCUT2D eigenvalue weighted by atomic mass is 35.5. The summed E-state index contributed by atoms with van der Waals surface area (Å²) in [5, 5.41) is 4.02. The van der Waals surface area contributed by atoms with E-state index < -0.39 is 28.4 Å². The van der Waals surface area contributed by atoms with Crippen LogP contribution in [0.25, 0.3) is 10.8 Å². The number of benzene rings is 4. The van der Waals surface area contributed by atoms with Gasteiger partial charge in [-0.3, -0.25) is 18.7 Å². The lowest BCUT2D eigenvalue weighted by Crippen LogP contribution is -2.40. The van der Waals surface area contributed by atoms with E-state index in [4.69, 9.17) is 32.7 Å². The maximum atomic E-state index is 14.1. The summed E-state index contributed by atoms with van der Waals surface area (Å²) in [4.78, 5) is 41.0. The molecule has 0 aliphatic carbocycles. The van der Waals surface area contributed by atoms with Crippen LogP contribution >= 0.6 is 23.2 Å². The number of carbonyl (C=O) groups is 3. The lowest BCUT2D eigenvalue weighted by Gasteiger charge is -2.27. The molecule has 1 aliphatic rings. The van der Waals surface area contributed by atoms with E-state index in [1.54, 1.807) is 59.5 Å². The summed E-state index contributed by atoms with van der Waals surface area (Å²) in [7, 11) is -4.39. The van der Waals surface area contributed by atoms with E-state index in [1.807, 2.05) is 13.0 Å². The van der Waals surface area contributed by atoms with E-state index in [9.17, 15) is 22.8 Å². The predicted octanol–water partition coefficient (Wildman–Crippen LogP) is 6.09. The molecule has 0 spiro atoms. The number of ether oxygens (including phenoxy) is 2. The van der Waals surface area contributed by atoms with Crippen molar-refractivity contribution >= 4 is 67.5 Å². The first-order valence-electron chi connectivity index (χ1n) is 15.5. The summed E-state index contributed by atoms with van der Waals surface area (Å²) < 4.78 is 39.8. The number of anilines is 1. The third kappa shape index (κ3) is 8.27. The van der Waals surface area contributed by atoms with Crippen LogP contribution in [0.1, 0.15) is 46.0 Å². The number of fused-ring (bicyclic) bond motifs is 1. The normalized spacial score (nSPS) is 13.3. The largest absolute Gasteiger partial charge is 0.464 e. The summed E-state index contributed by atoms with van der Waals surface area (Å²) in [5.41, 5.74) is 1.72. The van der Waals surface area contributed by atoms with Crippen LogP contribution in [0.4, 0.5) is 5.69 Å². The lowest BCUT2D eigenvalue weighted by atomic mass is 10.0. The van der Waals surface area contributed by atoms with Crippen LogP contribution in [0.3, 0.4) is 0 Å². The molecule has 4 aromatic carbocycles. The molecule has 0 saturated carbocycles. The molecule has 1 heterocycles. The minimum Gasteiger partial charge on any atom is -0.464 e. The highest BCUT2D eigenvalue weighted by Crippen LogP contribution is 2.34. The number of sulfonamides is 1. The van der Waals surface area contributed by atoms with Crippen molar-refractivity contribution in [1.29, 1.82) is 0 Å². The molecule has 1 saturated heterocycles. The second-order valence-electron chi connectivity index (χ2n) is 11.2. The van der Waals surface area contributed by atoms with Gasteiger partial charge in [0.15, 0.2) is 0 Å². The highest BCUT2D eigenvalue weighted by molar-refractivity contribution is 7.93. The fraction of sp³-hybridized carbons (Fsp3) is 0.286. The monoisotopic (exact) mass is 711 g/mol. The summed E-state index contributed by atoms with van der Waals surface area (Å²) in [6.45, 7) is 3.66. The third-order valence-corrected chi connectivity index (χ3v) is 9.97. The molecule has 1 fully saturated rings. The number of nitrogens with zero attached hydrogens (tertiary/aromatic N) is 2. The van der Waals surface area contributed by atoms with Gasteiger partial charge in [0.2, 0.25) is 0 Å². The summed E-state index contributed by atoms with van der Waals surface area (Å²) >= 11 is 12.3. The van der Waals surface area contributed by atoms with Crippen molar-refractivity contribution in [2.24, 2.45) is 0 Å². The SMILES string of the molecule is CCCCOC(=O)CN(c1cccc2c(C(=O)NCc3cccc(C(=O)N4CCOCC4)c3)cccc12)S(=O)(=O)c1cc(Cl)cc(Cl)c1. The van der Waals surface area contributed by atoms with Crippen LogP contribution in [0.5, 0.6) is 0 Å². The van der Waals surface area contributed by atoms with Crippen LogP contribution in [0.2, 0.25) is 10.0 Å². The quantitative estimate of drug-likeness (QED) is 0.139. The molecule has 48 heavy (non-hydrogen) atoms. The number of nitrogens with one attached hydrogen (secondary N) is 1. The third-order valence-electron chi connectivity index (χ3n) is 7.80. The van der Waals surface area contributed by atoms with Crippen LogP contribution in [-0.2, 0) is 30.8 Å². The van der Waals surface area contributed by atoms with Crippen LogP contribution in [0.15, 0.2) is 83.8 Å². The zero-order chi connectivity index (χ0) is 34.3. The number of halogens is 2. The Hall–Kier alpha value is -4.16. The van der Waals surface area contributed by atoms with Crippen LogP contribution < -0.4 is 9.62 Å². The van der Waals surface area contributed by atoms with Crippen molar-refractivity contribution in [3.8, 4) is 0 Å². The molecule has 2 amide bonds. The van der Waals surface area contributed by atoms with Gasteiger partial charge in [-0.15, -0.1) is 0 Å². The fourth-order valence-corrected chi connectivity index (χ4v) is 7.50. The van der Waals surface area contributed by atoms with Crippen molar-refractivity contribution in [2.75, 3.05) is 43.8 Å². The van der Waals surface area contributed by atoms with Gasteiger partial charge in [0, 0.05) is 46.2 Å². The fourth-order valence-electron chi connectivity index (χ4n) is 5.35. The number of amides is 2. The van der Waals surface area contributed by atoms with E-state index >= 15 is 0 Å². The molecule has 0 bridgehead atoms. The number of hydrogen-bond donors (Lipinski definition) is 1. The maximum absolute atomic E-state index is 14.1. The first-order chi connectivity index (χ1) is 23.1. The molecule has 10 nitrogen and oxygen atoms in total. The molecule has 0 atom stereocenters.